The number of aryl methyl sites for hydroxylation is 2. The summed E-state index contributed by atoms with van der Waals surface area (Å²) in [5.74, 6) is 0.227. The highest BCUT2D eigenvalue weighted by molar-refractivity contribution is 5.33. The third kappa shape index (κ3) is 3.81. The molecular formula is C15H24FN. The first-order valence-corrected chi connectivity index (χ1v) is 6.47. The van der Waals surface area contributed by atoms with Crippen molar-refractivity contribution >= 4 is 0 Å². The molecule has 0 saturated carbocycles. The van der Waals surface area contributed by atoms with Crippen molar-refractivity contribution in [3.63, 3.8) is 0 Å². The van der Waals surface area contributed by atoms with E-state index >= 15 is 0 Å². The second kappa shape index (κ2) is 6.15. The van der Waals surface area contributed by atoms with Crippen molar-refractivity contribution in [2.75, 3.05) is 0 Å². The summed E-state index contributed by atoms with van der Waals surface area (Å²) in [6, 6.07) is 3.85. The first kappa shape index (κ1) is 14.2. The molecule has 0 amide bonds. The Hall–Kier alpha value is -0.890. The Labute approximate surface area is 104 Å². The van der Waals surface area contributed by atoms with E-state index in [1.165, 1.54) is 5.56 Å². The maximum Gasteiger partial charge on any atom is 0.126 e. The van der Waals surface area contributed by atoms with Crippen LogP contribution in [0, 0.1) is 19.7 Å². The lowest BCUT2D eigenvalue weighted by Crippen LogP contribution is -2.16. The lowest BCUT2D eigenvalue weighted by molar-refractivity contribution is 0.504. The van der Waals surface area contributed by atoms with Gasteiger partial charge in [-0.25, -0.2) is 4.39 Å². The topological polar surface area (TPSA) is 26.0 Å². The fourth-order valence-corrected chi connectivity index (χ4v) is 2.16. The Balaban J connectivity index is 2.91. The van der Waals surface area contributed by atoms with Crippen LogP contribution in [0.4, 0.5) is 4.39 Å². The van der Waals surface area contributed by atoms with Crippen LogP contribution in [0.15, 0.2) is 12.1 Å². The van der Waals surface area contributed by atoms with Gasteiger partial charge in [-0.15, -0.1) is 0 Å². The maximum absolute atomic E-state index is 14.0. The van der Waals surface area contributed by atoms with Crippen molar-refractivity contribution in [2.45, 2.75) is 58.9 Å². The zero-order chi connectivity index (χ0) is 13.0. The van der Waals surface area contributed by atoms with Crippen LogP contribution >= 0.6 is 0 Å². The summed E-state index contributed by atoms with van der Waals surface area (Å²) in [6.45, 7) is 8.10. The van der Waals surface area contributed by atoms with Crippen molar-refractivity contribution in [1.29, 1.82) is 0 Å². The Morgan fingerprint density at radius 3 is 2.29 bits per heavy atom. The standard InChI is InChI=1S/C15H24FN/c1-5-13(7-6-12(4)17)14-8-10(2)11(3)9-15(14)16/h8-9,12-13H,5-7,17H2,1-4H3. The lowest BCUT2D eigenvalue weighted by Gasteiger charge is -2.18. The minimum Gasteiger partial charge on any atom is -0.328 e. The second-order valence-electron chi connectivity index (χ2n) is 5.12. The first-order chi connectivity index (χ1) is 7.95. The molecule has 1 aromatic rings. The molecule has 0 saturated heterocycles. The molecule has 2 heteroatoms. The third-order valence-corrected chi connectivity index (χ3v) is 3.52. The fraction of sp³-hybridized carbons (Fsp3) is 0.600. The largest absolute Gasteiger partial charge is 0.328 e. The van der Waals surface area contributed by atoms with Gasteiger partial charge in [-0.1, -0.05) is 13.0 Å². The lowest BCUT2D eigenvalue weighted by atomic mass is 9.88. The predicted molar refractivity (Wildman–Crippen MR) is 71.8 cm³/mol. The van der Waals surface area contributed by atoms with Crippen LogP contribution in [-0.4, -0.2) is 6.04 Å². The van der Waals surface area contributed by atoms with Gasteiger partial charge in [0.1, 0.15) is 5.82 Å². The number of hydrogen-bond acceptors (Lipinski definition) is 1. The minimum absolute atomic E-state index is 0.0652. The molecule has 0 fully saturated rings. The Kier molecular flexibility index (Phi) is 5.13. The second-order valence-corrected chi connectivity index (χ2v) is 5.12. The molecule has 0 spiro atoms. The molecule has 17 heavy (non-hydrogen) atoms. The smallest absolute Gasteiger partial charge is 0.126 e. The van der Waals surface area contributed by atoms with Crippen LogP contribution in [-0.2, 0) is 0 Å². The highest BCUT2D eigenvalue weighted by Crippen LogP contribution is 2.29. The van der Waals surface area contributed by atoms with Crippen molar-refractivity contribution in [2.24, 2.45) is 5.73 Å². The summed E-state index contributed by atoms with van der Waals surface area (Å²) in [4.78, 5) is 0. The SMILES string of the molecule is CCC(CCC(C)N)c1cc(C)c(C)cc1F. The highest BCUT2D eigenvalue weighted by atomic mass is 19.1. The highest BCUT2D eigenvalue weighted by Gasteiger charge is 2.15. The molecular weight excluding hydrogens is 213 g/mol. The number of benzene rings is 1. The van der Waals surface area contributed by atoms with Gasteiger partial charge in [0.15, 0.2) is 0 Å². The molecule has 0 bridgehead atoms. The van der Waals surface area contributed by atoms with E-state index in [9.17, 15) is 4.39 Å². The number of nitrogens with two attached hydrogens (primary N) is 1. The van der Waals surface area contributed by atoms with Crippen molar-refractivity contribution in [3.05, 3.63) is 34.6 Å². The monoisotopic (exact) mass is 237 g/mol. The molecule has 96 valence electrons. The molecule has 0 aliphatic heterocycles. The summed E-state index contributed by atoms with van der Waals surface area (Å²) in [6.07, 6.45) is 2.88. The van der Waals surface area contributed by atoms with Crippen molar-refractivity contribution in [3.8, 4) is 0 Å². The van der Waals surface area contributed by atoms with E-state index in [0.717, 1.165) is 30.4 Å². The summed E-state index contributed by atoms with van der Waals surface area (Å²) in [5, 5.41) is 0. The van der Waals surface area contributed by atoms with Gasteiger partial charge in [-0.05, 0) is 68.7 Å². The summed E-state index contributed by atoms with van der Waals surface area (Å²) >= 11 is 0. The Morgan fingerprint density at radius 2 is 1.76 bits per heavy atom. The van der Waals surface area contributed by atoms with E-state index in [0.29, 0.717) is 5.92 Å². The Morgan fingerprint density at radius 1 is 1.18 bits per heavy atom. The van der Waals surface area contributed by atoms with Gasteiger partial charge in [0.25, 0.3) is 0 Å². The zero-order valence-corrected chi connectivity index (χ0v) is 11.4. The van der Waals surface area contributed by atoms with Gasteiger partial charge in [0.2, 0.25) is 0 Å². The van der Waals surface area contributed by atoms with E-state index in [-0.39, 0.29) is 11.9 Å². The molecule has 0 radical (unpaired) electrons. The van der Waals surface area contributed by atoms with Crippen LogP contribution in [0.25, 0.3) is 0 Å². The van der Waals surface area contributed by atoms with Crippen LogP contribution in [0.5, 0.6) is 0 Å². The average molecular weight is 237 g/mol. The maximum atomic E-state index is 14.0. The molecule has 1 nitrogen and oxygen atoms in total. The summed E-state index contributed by atoms with van der Waals surface area (Å²) < 4.78 is 14.0. The predicted octanol–water partition coefficient (Wildman–Crippen LogP) is 4.06. The van der Waals surface area contributed by atoms with Crippen LogP contribution in [0.2, 0.25) is 0 Å². The van der Waals surface area contributed by atoms with E-state index in [4.69, 9.17) is 5.73 Å². The molecule has 0 heterocycles. The quantitative estimate of drug-likeness (QED) is 0.821. The molecule has 0 aliphatic rings. The average Bonchev–Trinajstić information content (AvgIpc) is 2.25. The van der Waals surface area contributed by atoms with Gasteiger partial charge >= 0.3 is 0 Å². The van der Waals surface area contributed by atoms with Crippen molar-refractivity contribution in [1.82, 2.24) is 0 Å². The minimum atomic E-state index is -0.0652. The van der Waals surface area contributed by atoms with Gasteiger partial charge in [-0.3, -0.25) is 0 Å². The van der Waals surface area contributed by atoms with E-state index in [1.807, 2.05) is 26.8 Å². The molecule has 2 atom stereocenters. The third-order valence-electron chi connectivity index (χ3n) is 3.52. The number of halogens is 1. The number of hydrogen-bond donors (Lipinski definition) is 1. The first-order valence-electron chi connectivity index (χ1n) is 6.47. The van der Waals surface area contributed by atoms with E-state index in [1.54, 1.807) is 6.07 Å². The molecule has 1 rings (SSSR count). The van der Waals surface area contributed by atoms with Crippen LogP contribution < -0.4 is 5.73 Å². The summed E-state index contributed by atoms with van der Waals surface area (Å²) in [7, 11) is 0. The molecule has 2 N–H and O–H groups in total. The number of rotatable bonds is 5. The van der Waals surface area contributed by atoms with Gasteiger partial charge in [0.05, 0.1) is 0 Å². The molecule has 0 aromatic heterocycles. The van der Waals surface area contributed by atoms with Gasteiger partial charge in [-0.2, -0.15) is 0 Å². The molecule has 2 unspecified atom stereocenters. The van der Waals surface area contributed by atoms with Crippen LogP contribution in [0.3, 0.4) is 0 Å². The normalized spacial score (nSPS) is 14.7. The zero-order valence-electron chi connectivity index (χ0n) is 11.4. The Bertz CT molecular complexity index is 371. The molecule has 0 aliphatic carbocycles. The van der Waals surface area contributed by atoms with Crippen molar-refractivity contribution < 1.29 is 4.39 Å². The van der Waals surface area contributed by atoms with Crippen LogP contribution in [0.1, 0.15) is 55.7 Å². The van der Waals surface area contributed by atoms with Gasteiger partial charge < -0.3 is 5.73 Å². The van der Waals surface area contributed by atoms with Gasteiger partial charge in [0, 0.05) is 6.04 Å². The summed E-state index contributed by atoms with van der Waals surface area (Å²) in [5.41, 5.74) is 8.82. The fourth-order valence-electron chi connectivity index (χ4n) is 2.16. The molecule has 1 aromatic carbocycles. The van der Waals surface area contributed by atoms with E-state index in [2.05, 4.69) is 6.92 Å². The van der Waals surface area contributed by atoms with E-state index < -0.39 is 0 Å².